The Morgan fingerprint density at radius 3 is 2.54 bits per heavy atom. The molecule has 0 aliphatic carbocycles. The number of methoxy groups -OCH3 is 1. The summed E-state index contributed by atoms with van der Waals surface area (Å²) in [6.45, 7) is 6.21. The summed E-state index contributed by atoms with van der Waals surface area (Å²) in [6.07, 6.45) is 1.61. The molecule has 0 bridgehead atoms. The van der Waals surface area contributed by atoms with Crippen molar-refractivity contribution in [2.45, 2.75) is 13.5 Å². The van der Waals surface area contributed by atoms with Gasteiger partial charge >= 0.3 is 6.01 Å². The Labute approximate surface area is 238 Å². The number of nitrogens with zero attached hydrogens (tertiary/aromatic N) is 5. The zero-order valence-corrected chi connectivity index (χ0v) is 23.2. The van der Waals surface area contributed by atoms with Gasteiger partial charge in [-0.15, -0.1) is 0 Å². The predicted octanol–water partition coefficient (Wildman–Crippen LogP) is 3.99. The molecule has 0 spiro atoms. The van der Waals surface area contributed by atoms with E-state index in [1.165, 1.54) is 0 Å². The van der Waals surface area contributed by atoms with E-state index in [1.807, 2.05) is 61.5 Å². The number of aromatic nitrogens is 3. The van der Waals surface area contributed by atoms with Crippen LogP contribution >= 0.6 is 0 Å². The summed E-state index contributed by atoms with van der Waals surface area (Å²) in [5.74, 6) is 2.19. The summed E-state index contributed by atoms with van der Waals surface area (Å²) in [7, 11) is 1.69. The molecule has 3 N–H and O–H groups in total. The van der Waals surface area contributed by atoms with Crippen molar-refractivity contribution in [3.05, 3.63) is 72.7 Å². The van der Waals surface area contributed by atoms with Crippen LogP contribution in [0.3, 0.4) is 0 Å². The van der Waals surface area contributed by atoms with Crippen molar-refractivity contribution in [3.8, 4) is 11.8 Å². The highest BCUT2D eigenvalue weighted by molar-refractivity contribution is 5.92. The number of ether oxygens (including phenoxy) is 2. The van der Waals surface area contributed by atoms with Gasteiger partial charge in [0.2, 0.25) is 17.8 Å². The normalized spacial score (nSPS) is 13.5. The third-order valence-electron chi connectivity index (χ3n) is 6.46. The first-order valence-corrected chi connectivity index (χ1v) is 13.5. The molecule has 1 aliphatic heterocycles. The third-order valence-corrected chi connectivity index (χ3v) is 6.46. The zero-order chi connectivity index (χ0) is 28.4. The van der Waals surface area contributed by atoms with Crippen molar-refractivity contribution >= 4 is 34.9 Å². The van der Waals surface area contributed by atoms with Gasteiger partial charge in [-0.1, -0.05) is 18.2 Å². The van der Waals surface area contributed by atoms with Crippen molar-refractivity contribution < 1.29 is 18.7 Å². The van der Waals surface area contributed by atoms with Crippen molar-refractivity contribution in [2.24, 2.45) is 0 Å². The molecule has 0 unspecified atom stereocenters. The minimum absolute atomic E-state index is 0.0731. The van der Waals surface area contributed by atoms with Crippen molar-refractivity contribution in [3.63, 3.8) is 0 Å². The zero-order valence-electron chi connectivity index (χ0n) is 23.2. The lowest BCUT2D eigenvalue weighted by Gasteiger charge is -2.36. The second-order valence-electron chi connectivity index (χ2n) is 9.32. The second-order valence-corrected chi connectivity index (χ2v) is 9.32. The quantitative estimate of drug-likeness (QED) is 0.233. The van der Waals surface area contributed by atoms with Gasteiger partial charge in [-0.2, -0.15) is 15.0 Å². The van der Waals surface area contributed by atoms with Crippen LogP contribution in [0.2, 0.25) is 0 Å². The maximum Gasteiger partial charge on any atom is 0.323 e. The van der Waals surface area contributed by atoms with Gasteiger partial charge in [0, 0.05) is 37.6 Å². The Hall–Kier alpha value is -4.84. The van der Waals surface area contributed by atoms with Gasteiger partial charge in [-0.05, 0) is 49.4 Å². The number of nitrogens with one attached hydrogen (secondary N) is 3. The lowest BCUT2D eigenvalue weighted by atomic mass is 10.2. The van der Waals surface area contributed by atoms with Crippen LogP contribution in [-0.4, -0.2) is 72.2 Å². The average Bonchev–Trinajstić information content (AvgIpc) is 3.51. The van der Waals surface area contributed by atoms with Crippen molar-refractivity contribution in [1.29, 1.82) is 0 Å². The van der Waals surface area contributed by atoms with E-state index >= 15 is 0 Å². The number of anilines is 5. The predicted molar refractivity (Wildman–Crippen MR) is 157 cm³/mol. The molecule has 12 nitrogen and oxygen atoms in total. The molecule has 1 aliphatic rings. The van der Waals surface area contributed by atoms with E-state index in [9.17, 15) is 4.79 Å². The minimum atomic E-state index is -0.0731. The summed E-state index contributed by atoms with van der Waals surface area (Å²) in [5.41, 5.74) is 2.46. The molecule has 0 saturated carbocycles. The Bertz CT molecular complexity index is 1420. The average molecular weight is 559 g/mol. The smallest absolute Gasteiger partial charge is 0.323 e. The maximum atomic E-state index is 12.9. The summed E-state index contributed by atoms with van der Waals surface area (Å²) < 4.78 is 16.4. The molecule has 3 heterocycles. The molecule has 5 rings (SSSR count). The number of hydrogen-bond acceptors (Lipinski definition) is 11. The summed E-state index contributed by atoms with van der Waals surface area (Å²) in [5, 5.41) is 9.30. The molecular weight excluding hydrogens is 524 g/mol. The number of hydrogen-bond donors (Lipinski definition) is 3. The monoisotopic (exact) mass is 558 g/mol. The number of amides is 1. The highest BCUT2D eigenvalue weighted by Crippen LogP contribution is 2.28. The van der Waals surface area contributed by atoms with Crippen molar-refractivity contribution in [1.82, 2.24) is 19.9 Å². The first-order chi connectivity index (χ1) is 20.1. The molecular formula is C29H34N8O4. The van der Waals surface area contributed by atoms with Gasteiger partial charge < -0.3 is 34.7 Å². The molecule has 2 aromatic heterocycles. The Kier molecular flexibility index (Phi) is 9.12. The fraction of sp³-hybridized carbons (Fsp3) is 0.310. The fourth-order valence-corrected chi connectivity index (χ4v) is 4.51. The van der Waals surface area contributed by atoms with Crippen LogP contribution in [0, 0.1) is 0 Å². The number of carbonyl (C=O) groups excluding carboxylic acids is 1. The molecule has 0 radical (unpaired) electrons. The minimum Gasteiger partial charge on any atom is -0.495 e. The van der Waals surface area contributed by atoms with E-state index in [1.54, 1.807) is 13.4 Å². The van der Waals surface area contributed by atoms with E-state index in [2.05, 4.69) is 46.8 Å². The topological polar surface area (TPSA) is 130 Å². The van der Waals surface area contributed by atoms with Crippen LogP contribution in [-0.2, 0) is 11.3 Å². The number of piperazine rings is 1. The Morgan fingerprint density at radius 2 is 1.76 bits per heavy atom. The number of furan rings is 1. The van der Waals surface area contributed by atoms with E-state index in [4.69, 9.17) is 13.9 Å². The lowest BCUT2D eigenvalue weighted by Crippen LogP contribution is -2.48. The van der Waals surface area contributed by atoms with Crippen LogP contribution in [0.5, 0.6) is 11.8 Å². The molecule has 12 heteroatoms. The summed E-state index contributed by atoms with van der Waals surface area (Å²) in [4.78, 5) is 30.4. The number of carbonyl (C=O) groups is 1. The van der Waals surface area contributed by atoms with Crippen LogP contribution in [0.25, 0.3) is 0 Å². The van der Waals surface area contributed by atoms with E-state index in [0.717, 1.165) is 43.4 Å². The molecule has 2 aromatic carbocycles. The molecule has 214 valence electrons. The first kappa shape index (κ1) is 27.7. The summed E-state index contributed by atoms with van der Waals surface area (Å²) >= 11 is 0. The van der Waals surface area contributed by atoms with Gasteiger partial charge in [0.1, 0.15) is 11.5 Å². The van der Waals surface area contributed by atoms with Gasteiger partial charge in [0.15, 0.2) is 0 Å². The second kappa shape index (κ2) is 13.5. The SMILES string of the molecule is CCOc1nc(NCc2ccco2)nc(Nc2cccc(NC(=O)CN3CCN(c4ccccc4OC)CC3)c2)n1. The molecule has 1 amide bonds. The van der Waals surface area contributed by atoms with E-state index < -0.39 is 0 Å². The van der Waals surface area contributed by atoms with Crippen molar-refractivity contribution in [2.75, 3.05) is 67.3 Å². The molecule has 4 aromatic rings. The van der Waals surface area contributed by atoms with Gasteiger partial charge in [0.05, 0.1) is 38.8 Å². The van der Waals surface area contributed by atoms with E-state index in [-0.39, 0.29) is 11.9 Å². The molecule has 0 atom stereocenters. The Balaban J connectivity index is 1.16. The first-order valence-electron chi connectivity index (χ1n) is 13.5. The van der Waals surface area contributed by atoms with Crippen LogP contribution in [0.15, 0.2) is 71.3 Å². The number of benzene rings is 2. The standard InChI is InChI=1S/C29H34N8O4/c1-3-40-29-34-27(30-19-23-10-7-17-41-23)33-28(35-29)32-22-9-6-8-21(18-22)31-26(38)20-36-13-15-37(16-14-36)24-11-4-5-12-25(24)39-2/h4-12,17-18H,3,13-16,19-20H2,1-2H3,(H,31,38)(H2,30,32,33,34,35). The maximum absolute atomic E-state index is 12.9. The van der Waals surface area contributed by atoms with Gasteiger partial charge in [-0.25, -0.2) is 0 Å². The fourth-order valence-electron chi connectivity index (χ4n) is 4.51. The largest absolute Gasteiger partial charge is 0.495 e. The van der Waals surface area contributed by atoms with E-state index in [0.29, 0.717) is 43.0 Å². The molecule has 41 heavy (non-hydrogen) atoms. The number of rotatable bonds is 12. The van der Waals surface area contributed by atoms with Gasteiger partial charge in [-0.3, -0.25) is 9.69 Å². The molecule has 1 saturated heterocycles. The Morgan fingerprint density at radius 1 is 0.951 bits per heavy atom. The number of para-hydroxylation sites is 2. The highest BCUT2D eigenvalue weighted by atomic mass is 16.5. The molecule has 1 fully saturated rings. The highest BCUT2D eigenvalue weighted by Gasteiger charge is 2.21. The van der Waals surface area contributed by atoms with Crippen LogP contribution in [0.4, 0.5) is 29.0 Å². The van der Waals surface area contributed by atoms with Gasteiger partial charge in [0.25, 0.3) is 0 Å². The summed E-state index contributed by atoms with van der Waals surface area (Å²) in [6, 6.07) is 19.3. The third kappa shape index (κ3) is 7.63. The lowest BCUT2D eigenvalue weighted by molar-refractivity contribution is -0.117. The van der Waals surface area contributed by atoms with Crippen LogP contribution in [0.1, 0.15) is 12.7 Å². The van der Waals surface area contributed by atoms with Crippen LogP contribution < -0.4 is 30.3 Å².